The van der Waals surface area contributed by atoms with Crippen molar-refractivity contribution >= 4 is 21.9 Å². The summed E-state index contributed by atoms with van der Waals surface area (Å²) in [6.45, 7) is -0.331. The lowest BCUT2D eigenvalue weighted by molar-refractivity contribution is -0.0174. The molecule has 2 rings (SSSR count). The molecule has 0 aliphatic carbocycles. The largest absolute Gasteiger partial charge is 0.452 e. The Morgan fingerprint density at radius 1 is 1.39 bits per heavy atom. The summed E-state index contributed by atoms with van der Waals surface area (Å²) in [5.74, 6) is -0.536. The van der Waals surface area contributed by atoms with Crippen molar-refractivity contribution < 1.29 is 24.5 Å². The van der Waals surface area contributed by atoms with E-state index in [2.05, 4.69) is 15.9 Å². The van der Waals surface area contributed by atoms with E-state index in [-0.39, 0.29) is 6.61 Å². The zero-order valence-corrected chi connectivity index (χ0v) is 11.0. The number of alkyl halides is 1. The molecule has 1 aliphatic heterocycles. The molecule has 1 aliphatic rings. The van der Waals surface area contributed by atoms with Gasteiger partial charge >= 0.3 is 5.97 Å². The van der Waals surface area contributed by atoms with Crippen LogP contribution < -0.4 is 0 Å². The van der Waals surface area contributed by atoms with E-state index in [0.717, 1.165) is 0 Å². The number of aliphatic hydroxyl groups excluding tert-OH is 2. The lowest BCUT2D eigenvalue weighted by atomic mass is 10.1. The third kappa shape index (κ3) is 2.72. The van der Waals surface area contributed by atoms with Crippen molar-refractivity contribution in [1.29, 1.82) is 0 Å². The van der Waals surface area contributed by atoms with Gasteiger partial charge in [-0.25, -0.2) is 4.79 Å². The number of rotatable bonds is 3. The molecule has 4 atom stereocenters. The number of carbonyl (C=O) groups excluding carboxylic acids is 1. The standard InChI is InChI=1S/C12H13BrO5/c13-11-10(9(15)8(6-14)17-11)18-12(16)7-4-2-1-3-5-7/h1-5,8-11,14-15H,6H2/t8-,9-,10+,11+/m1/s1. The van der Waals surface area contributed by atoms with Gasteiger partial charge in [0.05, 0.1) is 12.2 Å². The number of aliphatic hydroxyl groups is 2. The molecule has 1 fully saturated rings. The van der Waals surface area contributed by atoms with Crippen LogP contribution in [0.4, 0.5) is 0 Å². The Morgan fingerprint density at radius 2 is 2.06 bits per heavy atom. The van der Waals surface area contributed by atoms with E-state index in [1.54, 1.807) is 30.3 Å². The van der Waals surface area contributed by atoms with Crippen LogP contribution in [0.3, 0.4) is 0 Å². The Kier molecular flexibility index (Phi) is 4.34. The molecule has 0 aromatic heterocycles. The fraction of sp³-hybridized carbons (Fsp3) is 0.417. The van der Waals surface area contributed by atoms with Crippen LogP contribution in [0.25, 0.3) is 0 Å². The van der Waals surface area contributed by atoms with Crippen molar-refractivity contribution in [3.8, 4) is 0 Å². The molecule has 0 amide bonds. The van der Waals surface area contributed by atoms with Crippen molar-refractivity contribution in [1.82, 2.24) is 0 Å². The number of hydrogen-bond donors (Lipinski definition) is 2. The Hall–Kier alpha value is -0.950. The summed E-state index contributed by atoms with van der Waals surface area (Å²) >= 11 is 3.16. The zero-order valence-electron chi connectivity index (χ0n) is 9.40. The summed E-state index contributed by atoms with van der Waals surface area (Å²) in [7, 11) is 0. The normalized spacial score (nSPS) is 31.3. The van der Waals surface area contributed by atoms with Gasteiger partial charge in [0.25, 0.3) is 0 Å². The second kappa shape index (κ2) is 5.79. The van der Waals surface area contributed by atoms with Gasteiger partial charge in [-0.1, -0.05) is 34.1 Å². The molecule has 0 saturated carbocycles. The van der Waals surface area contributed by atoms with Gasteiger partial charge in [0.1, 0.15) is 12.2 Å². The molecule has 18 heavy (non-hydrogen) atoms. The van der Waals surface area contributed by atoms with Gasteiger partial charge in [-0.2, -0.15) is 0 Å². The average molecular weight is 317 g/mol. The predicted molar refractivity (Wildman–Crippen MR) is 66.3 cm³/mol. The van der Waals surface area contributed by atoms with Gasteiger partial charge in [0, 0.05) is 0 Å². The van der Waals surface area contributed by atoms with Crippen molar-refractivity contribution in [3.05, 3.63) is 35.9 Å². The second-order valence-electron chi connectivity index (χ2n) is 3.93. The van der Waals surface area contributed by atoms with Crippen LogP contribution in [0.1, 0.15) is 10.4 Å². The number of carbonyl (C=O) groups is 1. The monoisotopic (exact) mass is 316 g/mol. The van der Waals surface area contributed by atoms with Crippen molar-refractivity contribution in [2.75, 3.05) is 6.61 Å². The summed E-state index contributed by atoms with van der Waals surface area (Å²) in [6, 6.07) is 8.48. The molecular weight excluding hydrogens is 304 g/mol. The Morgan fingerprint density at radius 3 is 2.61 bits per heavy atom. The molecule has 0 bridgehead atoms. The van der Waals surface area contributed by atoms with E-state index in [0.29, 0.717) is 5.56 Å². The SMILES string of the molecule is O=C(O[C@H]1[C@H](O)[C@@H](CO)O[C@@H]1Br)c1ccccc1. The summed E-state index contributed by atoms with van der Waals surface area (Å²) in [6.07, 6.45) is -2.63. The first-order valence-electron chi connectivity index (χ1n) is 5.48. The summed E-state index contributed by atoms with van der Waals surface area (Å²) in [5, 5.41) is 18.2. The average Bonchev–Trinajstić information content (AvgIpc) is 2.67. The van der Waals surface area contributed by atoms with E-state index >= 15 is 0 Å². The minimum atomic E-state index is -1.05. The van der Waals surface area contributed by atoms with Crippen molar-refractivity contribution in [2.45, 2.75) is 23.3 Å². The van der Waals surface area contributed by atoms with Crippen LogP contribution in [-0.2, 0) is 9.47 Å². The highest BCUT2D eigenvalue weighted by Gasteiger charge is 2.44. The van der Waals surface area contributed by atoms with Crippen LogP contribution in [0.5, 0.6) is 0 Å². The highest BCUT2D eigenvalue weighted by molar-refractivity contribution is 9.09. The molecule has 1 aromatic carbocycles. The van der Waals surface area contributed by atoms with E-state index < -0.39 is 29.3 Å². The van der Waals surface area contributed by atoms with Crippen molar-refractivity contribution in [2.24, 2.45) is 0 Å². The van der Waals surface area contributed by atoms with Crippen LogP contribution in [0.15, 0.2) is 30.3 Å². The Labute approximate surface area is 112 Å². The minimum Gasteiger partial charge on any atom is -0.452 e. The first kappa shape index (κ1) is 13.5. The van der Waals surface area contributed by atoms with E-state index in [1.165, 1.54) is 0 Å². The summed E-state index contributed by atoms with van der Waals surface area (Å²) in [5.41, 5.74) is 0.400. The molecule has 0 radical (unpaired) electrons. The highest BCUT2D eigenvalue weighted by Crippen LogP contribution is 2.28. The number of benzene rings is 1. The minimum absolute atomic E-state index is 0.331. The summed E-state index contributed by atoms with van der Waals surface area (Å²) < 4.78 is 10.4. The molecule has 1 saturated heterocycles. The zero-order chi connectivity index (χ0) is 13.1. The number of halogens is 1. The molecule has 98 valence electrons. The maximum absolute atomic E-state index is 11.8. The van der Waals surface area contributed by atoms with Gasteiger partial charge in [-0.15, -0.1) is 0 Å². The highest BCUT2D eigenvalue weighted by atomic mass is 79.9. The lowest BCUT2D eigenvalue weighted by Crippen LogP contribution is -2.36. The number of esters is 1. The fourth-order valence-corrected chi connectivity index (χ4v) is 2.43. The van der Waals surface area contributed by atoms with E-state index in [1.807, 2.05) is 0 Å². The van der Waals surface area contributed by atoms with Crippen LogP contribution >= 0.6 is 15.9 Å². The number of ether oxygens (including phenoxy) is 2. The molecule has 6 heteroatoms. The number of hydrogen-bond acceptors (Lipinski definition) is 5. The molecular formula is C12H13BrO5. The molecule has 2 N–H and O–H groups in total. The Bertz CT molecular complexity index is 410. The van der Waals surface area contributed by atoms with Crippen molar-refractivity contribution in [3.63, 3.8) is 0 Å². The van der Waals surface area contributed by atoms with Crippen LogP contribution in [-0.4, -0.2) is 46.1 Å². The topological polar surface area (TPSA) is 76.0 Å². The first-order valence-corrected chi connectivity index (χ1v) is 6.39. The van der Waals surface area contributed by atoms with E-state index in [9.17, 15) is 9.90 Å². The Balaban J connectivity index is 2.04. The smallest absolute Gasteiger partial charge is 0.338 e. The van der Waals surface area contributed by atoms with Gasteiger partial charge in [-0.3, -0.25) is 0 Å². The van der Waals surface area contributed by atoms with Crippen LogP contribution in [0.2, 0.25) is 0 Å². The van der Waals surface area contributed by atoms with Gasteiger partial charge in [0.2, 0.25) is 0 Å². The van der Waals surface area contributed by atoms with Gasteiger partial charge in [-0.05, 0) is 12.1 Å². The molecule has 1 heterocycles. The third-order valence-corrected chi connectivity index (χ3v) is 3.45. The third-order valence-electron chi connectivity index (χ3n) is 2.71. The summed E-state index contributed by atoms with van der Waals surface area (Å²) in [4.78, 5) is 11.8. The molecule has 0 spiro atoms. The molecule has 0 unspecified atom stereocenters. The fourth-order valence-electron chi connectivity index (χ4n) is 1.73. The van der Waals surface area contributed by atoms with Gasteiger partial charge < -0.3 is 19.7 Å². The molecule has 1 aromatic rings. The predicted octanol–water partition coefficient (Wildman–Crippen LogP) is 0.685. The second-order valence-corrected chi connectivity index (χ2v) is 4.84. The quantitative estimate of drug-likeness (QED) is 0.633. The lowest BCUT2D eigenvalue weighted by Gasteiger charge is -2.17. The maximum atomic E-state index is 11.8. The van der Waals surface area contributed by atoms with Gasteiger partial charge in [0.15, 0.2) is 11.1 Å². The maximum Gasteiger partial charge on any atom is 0.338 e. The first-order chi connectivity index (χ1) is 8.63. The van der Waals surface area contributed by atoms with E-state index in [4.69, 9.17) is 14.6 Å². The molecule has 5 nitrogen and oxygen atoms in total. The van der Waals surface area contributed by atoms with Crippen LogP contribution in [0, 0.1) is 0 Å².